The van der Waals surface area contributed by atoms with E-state index >= 15 is 0 Å². The smallest absolute Gasteiger partial charge is 0.173 e. The predicted molar refractivity (Wildman–Crippen MR) is 123 cm³/mol. The van der Waals surface area contributed by atoms with Crippen molar-refractivity contribution in [3.05, 3.63) is 83.9 Å². The zero-order valence-corrected chi connectivity index (χ0v) is 18.4. The number of aromatic nitrogens is 4. The second-order valence-electron chi connectivity index (χ2n) is 8.30. The Morgan fingerprint density at radius 1 is 1.00 bits per heavy atom. The lowest BCUT2D eigenvalue weighted by atomic mass is 10.1. The highest BCUT2D eigenvalue weighted by molar-refractivity contribution is 5.83. The molecule has 0 aliphatic carbocycles. The van der Waals surface area contributed by atoms with Crippen molar-refractivity contribution in [2.45, 2.75) is 44.0 Å². The number of anilines is 1. The average molecular weight is 463 g/mol. The zero-order valence-electron chi connectivity index (χ0n) is 18.4. The van der Waals surface area contributed by atoms with Gasteiger partial charge in [0.25, 0.3) is 0 Å². The molecule has 4 atom stereocenters. The van der Waals surface area contributed by atoms with Gasteiger partial charge >= 0.3 is 0 Å². The lowest BCUT2D eigenvalue weighted by Gasteiger charge is -2.16. The van der Waals surface area contributed by atoms with Gasteiger partial charge < -0.3 is 15.2 Å². The predicted octanol–water partition coefficient (Wildman–Crippen LogP) is 3.25. The molecule has 0 spiro atoms. The third-order valence-electron chi connectivity index (χ3n) is 5.98. The molecule has 1 fully saturated rings. The number of hydrogen-bond donors (Lipinski definition) is 2. The van der Waals surface area contributed by atoms with Crippen molar-refractivity contribution in [2.75, 3.05) is 11.9 Å². The van der Waals surface area contributed by atoms with Gasteiger partial charge in [0.15, 0.2) is 29.4 Å². The maximum absolute atomic E-state index is 14.8. The standard InChI is InChI=1S/C25H25FN5O3/c26-20-22(33)18(14-32)34-25(20)31-15-28-21-23(27-13-17-9-5-2-6-10-17)29-19(30-24(21)31)12-11-16-7-3-1-4-8-16/h1-10,15,18,20,22,25,33H,11-14H2,(H,27,29,30)/t18-,20+,22-,25-/m1/s1. The van der Waals surface area contributed by atoms with Crippen LogP contribution >= 0.6 is 0 Å². The summed E-state index contributed by atoms with van der Waals surface area (Å²) in [6.45, 7) is -0.202. The maximum atomic E-state index is 14.8. The molecule has 4 aromatic rings. The second kappa shape index (κ2) is 9.84. The first-order valence-corrected chi connectivity index (χ1v) is 11.2. The van der Waals surface area contributed by atoms with Crippen LogP contribution in [0.2, 0.25) is 0 Å². The number of alkyl halides is 1. The molecule has 34 heavy (non-hydrogen) atoms. The molecule has 1 radical (unpaired) electrons. The van der Waals surface area contributed by atoms with Crippen molar-refractivity contribution in [3.63, 3.8) is 0 Å². The molecule has 1 saturated heterocycles. The van der Waals surface area contributed by atoms with Crippen LogP contribution in [-0.4, -0.2) is 49.6 Å². The van der Waals surface area contributed by atoms with Crippen molar-refractivity contribution < 1.29 is 19.3 Å². The Balaban J connectivity index is 1.49. The van der Waals surface area contributed by atoms with E-state index < -0.39 is 31.2 Å². The van der Waals surface area contributed by atoms with Crippen molar-refractivity contribution in [1.29, 1.82) is 0 Å². The second-order valence-corrected chi connectivity index (χ2v) is 8.30. The van der Waals surface area contributed by atoms with E-state index in [-0.39, 0.29) is 0 Å². The van der Waals surface area contributed by atoms with Crippen molar-refractivity contribution in [3.8, 4) is 0 Å². The van der Waals surface area contributed by atoms with Gasteiger partial charge in [-0.1, -0.05) is 60.7 Å². The topological polar surface area (TPSA) is 105 Å². The van der Waals surface area contributed by atoms with Gasteiger partial charge in [-0.3, -0.25) is 4.57 Å². The molecule has 8 nitrogen and oxygen atoms in total. The number of benzene rings is 2. The minimum Gasteiger partial charge on any atom is -0.387 e. The van der Waals surface area contributed by atoms with E-state index in [1.807, 2.05) is 60.7 Å². The molecule has 0 unspecified atom stereocenters. The van der Waals surface area contributed by atoms with Crippen LogP contribution in [0.3, 0.4) is 0 Å². The molecule has 2 N–H and O–H groups in total. The van der Waals surface area contributed by atoms with Crippen LogP contribution in [0.4, 0.5) is 10.2 Å². The van der Waals surface area contributed by atoms with E-state index in [1.54, 1.807) is 0 Å². The molecule has 0 saturated carbocycles. The number of aliphatic hydroxyl groups is 1. The van der Waals surface area contributed by atoms with E-state index in [1.165, 1.54) is 10.9 Å². The first-order valence-electron chi connectivity index (χ1n) is 11.2. The van der Waals surface area contributed by atoms with Gasteiger partial charge in [0.2, 0.25) is 0 Å². The van der Waals surface area contributed by atoms with Crippen LogP contribution in [-0.2, 0) is 29.2 Å². The number of rotatable bonds is 8. The molecule has 5 rings (SSSR count). The van der Waals surface area contributed by atoms with Gasteiger partial charge in [0, 0.05) is 13.0 Å². The molecule has 2 aromatic carbocycles. The van der Waals surface area contributed by atoms with Crippen LogP contribution in [0.1, 0.15) is 23.2 Å². The molecule has 175 valence electrons. The summed E-state index contributed by atoms with van der Waals surface area (Å²) in [4.78, 5) is 13.8. The van der Waals surface area contributed by atoms with Crippen LogP contribution in [0.15, 0.2) is 67.0 Å². The molecule has 2 aromatic heterocycles. The highest BCUT2D eigenvalue weighted by Crippen LogP contribution is 2.34. The number of fused-ring (bicyclic) bond motifs is 1. The number of nitrogens with zero attached hydrogens (tertiary/aromatic N) is 4. The third-order valence-corrected chi connectivity index (χ3v) is 5.98. The zero-order chi connectivity index (χ0) is 23.5. The maximum Gasteiger partial charge on any atom is 0.173 e. The minimum absolute atomic E-state index is 0.389. The van der Waals surface area contributed by atoms with Crippen LogP contribution in [0, 0.1) is 0 Å². The molecule has 1 aliphatic rings. The molecule has 1 aliphatic heterocycles. The first kappa shape index (κ1) is 22.4. The Hall–Kier alpha value is -3.40. The molecule has 0 amide bonds. The Labute approximate surface area is 196 Å². The molecular weight excluding hydrogens is 437 g/mol. The summed E-state index contributed by atoms with van der Waals surface area (Å²) in [7, 11) is 0. The van der Waals surface area contributed by atoms with E-state index in [0.29, 0.717) is 35.8 Å². The van der Waals surface area contributed by atoms with E-state index in [4.69, 9.17) is 9.72 Å². The Kier molecular flexibility index (Phi) is 6.48. The van der Waals surface area contributed by atoms with Crippen LogP contribution in [0.5, 0.6) is 0 Å². The summed E-state index contributed by atoms with van der Waals surface area (Å²) >= 11 is 0. The molecular formula is C25H25FN5O3. The summed E-state index contributed by atoms with van der Waals surface area (Å²) in [5.41, 5.74) is 3.09. The summed E-state index contributed by atoms with van der Waals surface area (Å²) in [6.07, 6.45) is -2.83. The van der Waals surface area contributed by atoms with Gasteiger partial charge in [-0.15, -0.1) is 0 Å². The summed E-state index contributed by atoms with van der Waals surface area (Å²) in [6, 6.07) is 19.9. The number of imidazole rings is 1. The fourth-order valence-corrected chi connectivity index (χ4v) is 4.13. The van der Waals surface area contributed by atoms with Crippen molar-refractivity contribution in [2.24, 2.45) is 0 Å². The molecule has 3 heterocycles. The van der Waals surface area contributed by atoms with Gasteiger partial charge in [0.1, 0.15) is 24.6 Å². The fraction of sp³-hybridized carbons (Fsp3) is 0.320. The Morgan fingerprint density at radius 3 is 2.38 bits per heavy atom. The largest absolute Gasteiger partial charge is 0.387 e. The van der Waals surface area contributed by atoms with Gasteiger partial charge in [-0.05, 0) is 17.5 Å². The highest BCUT2D eigenvalue weighted by atomic mass is 19.1. The first-order chi connectivity index (χ1) is 16.6. The molecule has 0 bridgehead atoms. The number of ether oxygens (including phenoxy) is 1. The third kappa shape index (κ3) is 4.50. The lowest BCUT2D eigenvalue weighted by Crippen LogP contribution is -2.30. The van der Waals surface area contributed by atoms with E-state index in [2.05, 4.69) is 15.3 Å². The number of nitrogens with one attached hydrogen (secondary N) is 1. The van der Waals surface area contributed by atoms with Gasteiger partial charge in [-0.2, -0.15) is 0 Å². The number of aryl methyl sites for hydroxylation is 2. The lowest BCUT2D eigenvalue weighted by molar-refractivity contribution is -0.0593. The van der Waals surface area contributed by atoms with Crippen LogP contribution < -0.4 is 5.32 Å². The number of hydrogen-bond acceptors (Lipinski definition) is 6. The van der Waals surface area contributed by atoms with E-state index in [9.17, 15) is 14.6 Å². The highest BCUT2D eigenvalue weighted by Gasteiger charge is 2.45. The Bertz CT molecular complexity index is 1240. The monoisotopic (exact) mass is 462 g/mol. The summed E-state index contributed by atoms with van der Waals surface area (Å²) in [5.74, 6) is 1.10. The summed E-state index contributed by atoms with van der Waals surface area (Å²) in [5, 5.41) is 24.7. The van der Waals surface area contributed by atoms with E-state index in [0.717, 1.165) is 17.5 Å². The SMILES string of the molecule is [O]C[C@H]1O[C@@H](n2cnc3c(NCc4ccccc4)nc(CCc4ccccc4)nc32)[C@@H](F)[C@@H]1O. The van der Waals surface area contributed by atoms with Gasteiger partial charge in [0.05, 0.1) is 6.33 Å². The molecule has 9 heteroatoms. The van der Waals surface area contributed by atoms with Crippen molar-refractivity contribution in [1.82, 2.24) is 19.5 Å². The van der Waals surface area contributed by atoms with Crippen LogP contribution in [0.25, 0.3) is 11.2 Å². The average Bonchev–Trinajstić information content (AvgIpc) is 3.43. The number of halogens is 1. The Morgan fingerprint density at radius 2 is 1.71 bits per heavy atom. The van der Waals surface area contributed by atoms with Crippen molar-refractivity contribution >= 4 is 17.0 Å². The number of aliphatic hydroxyl groups excluding tert-OH is 1. The fourth-order valence-electron chi connectivity index (χ4n) is 4.13. The normalized spacial score (nSPS) is 22.3. The quantitative estimate of drug-likeness (QED) is 0.417. The van der Waals surface area contributed by atoms with Gasteiger partial charge in [-0.25, -0.2) is 24.4 Å². The minimum atomic E-state index is -1.76. The summed E-state index contributed by atoms with van der Waals surface area (Å²) < 4.78 is 21.8.